The highest BCUT2D eigenvalue weighted by Gasteiger charge is 2.19. The number of allylic oxidation sites excluding steroid dienone is 1. The third-order valence-electron chi connectivity index (χ3n) is 2.19. The van der Waals surface area contributed by atoms with Crippen molar-refractivity contribution >= 4 is 28.1 Å². The van der Waals surface area contributed by atoms with Crippen LogP contribution in [0.1, 0.15) is 5.01 Å². The smallest absolute Gasteiger partial charge is 0.261 e. The number of hydrogen-bond acceptors (Lipinski definition) is 4. The molecule has 1 atom stereocenters. The molecule has 0 radical (unpaired) electrons. The van der Waals surface area contributed by atoms with Gasteiger partial charge in [0.25, 0.3) is 5.01 Å². The van der Waals surface area contributed by atoms with Crippen molar-refractivity contribution < 1.29 is 9.79 Å². The van der Waals surface area contributed by atoms with Crippen LogP contribution >= 0.6 is 22.9 Å². The highest BCUT2D eigenvalue weighted by Crippen LogP contribution is 2.12. The average molecular weight is 244 g/mol. The summed E-state index contributed by atoms with van der Waals surface area (Å²) >= 11 is 6.88. The van der Waals surface area contributed by atoms with Crippen molar-refractivity contribution in [3.63, 3.8) is 0 Å². The van der Waals surface area contributed by atoms with Gasteiger partial charge in [0.2, 0.25) is 0 Å². The van der Waals surface area contributed by atoms with Gasteiger partial charge in [0.15, 0.2) is 6.54 Å². The Labute approximate surface area is 96.5 Å². The largest absolute Gasteiger partial charge is 0.847 e. The minimum Gasteiger partial charge on any atom is -0.847 e. The van der Waals surface area contributed by atoms with Gasteiger partial charge in [0.05, 0.1) is 12.5 Å². The molecule has 6 heteroatoms. The summed E-state index contributed by atoms with van der Waals surface area (Å²) < 4.78 is 1.73. The van der Waals surface area contributed by atoms with Crippen molar-refractivity contribution in [1.29, 1.82) is 0 Å². The summed E-state index contributed by atoms with van der Waals surface area (Å²) in [7, 11) is 0. The molecule has 1 aliphatic rings. The SMILES string of the molecule is Cc1sc([O-])n[n+]1CC1C=CC(Cl)=NC1. The Morgan fingerprint density at radius 1 is 1.73 bits per heavy atom. The molecule has 1 unspecified atom stereocenters. The molecule has 0 aliphatic carbocycles. The molecule has 0 N–H and O–H groups in total. The highest BCUT2D eigenvalue weighted by molar-refractivity contribution is 7.12. The topological polar surface area (TPSA) is 52.2 Å². The second kappa shape index (κ2) is 4.28. The number of rotatable bonds is 2. The molecular formula is C9H10ClN3OS. The summed E-state index contributed by atoms with van der Waals surface area (Å²) in [5.74, 6) is 0.276. The van der Waals surface area contributed by atoms with E-state index in [9.17, 15) is 5.11 Å². The summed E-state index contributed by atoms with van der Waals surface area (Å²) in [6, 6.07) is 0. The fraction of sp³-hybridized carbons (Fsp3) is 0.444. The molecule has 0 saturated carbocycles. The zero-order chi connectivity index (χ0) is 10.8. The number of dihydropyridines is 1. The second-order valence-corrected chi connectivity index (χ2v) is 4.88. The first-order valence-electron chi connectivity index (χ1n) is 4.58. The lowest BCUT2D eigenvalue weighted by Crippen LogP contribution is -2.42. The Kier molecular flexibility index (Phi) is 3.02. The maximum atomic E-state index is 11.0. The zero-order valence-electron chi connectivity index (χ0n) is 8.18. The summed E-state index contributed by atoms with van der Waals surface area (Å²) in [5.41, 5.74) is 0. The fourth-order valence-electron chi connectivity index (χ4n) is 1.41. The van der Waals surface area contributed by atoms with Crippen LogP contribution in [0.4, 0.5) is 0 Å². The second-order valence-electron chi connectivity index (χ2n) is 3.35. The minimum atomic E-state index is -0.145. The number of aromatic nitrogens is 2. The van der Waals surface area contributed by atoms with Crippen LogP contribution in [0.25, 0.3) is 0 Å². The number of hydrogen-bond donors (Lipinski definition) is 0. The van der Waals surface area contributed by atoms with Crippen LogP contribution in [-0.2, 0) is 6.54 Å². The lowest BCUT2D eigenvalue weighted by Gasteiger charge is -2.08. The molecule has 0 fully saturated rings. The van der Waals surface area contributed by atoms with Crippen molar-refractivity contribution in [3.8, 4) is 5.19 Å². The molecular weight excluding hydrogens is 234 g/mol. The van der Waals surface area contributed by atoms with E-state index >= 15 is 0 Å². The molecule has 80 valence electrons. The first kappa shape index (κ1) is 10.6. The van der Waals surface area contributed by atoms with Crippen molar-refractivity contribution in [1.82, 2.24) is 5.10 Å². The van der Waals surface area contributed by atoms with Crippen molar-refractivity contribution in [2.45, 2.75) is 13.5 Å². The van der Waals surface area contributed by atoms with Gasteiger partial charge in [-0.05, 0) is 11.2 Å². The van der Waals surface area contributed by atoms with E-state index < -0.39 is 0 Å². The Morgan fingerprint density at radius 3 is 3.07 bits per heavy atom. The van der Waals surface area contributed by atoms with Gasteiger partial charge in [-0.2, -0.15) is 0 Å². The first-order chi connectivity index (χ1) is 7.15. The van der Waals surface area contributed by atoms with Crippen LogP contribution < -0.4 is 9.79 Å². The van der Waals surface area contributed by atoms with Gasteiger partial charge in [-0.25, -0.2) is 0 Å². The third kappa shape index (κ3) is 2.54. The third-order valence-corrected chi connectivity index (χ3v) is 3.20. The molecule has 2 heterocycles. The molecule has 1 aliphatic heterocycles. The molecule has 4 nitrogen and oxygen atoms in total. The van der Waals surface area contributed by atoms with Crippen LogP contribution in [0.3, 0.4) is 0 Å². The van der Waals surface area contributed by atoms with Gasteiger partial charge in [-0.1, -0.05) is 33.7 Å². The Morgan fingerprint density at radius 2 is 2.53 bits per heavy atom. The quantitative estimate of drug-likeness (QED) is 0.716. The van der Waals surface area contributed by atoms with E-state index in [-0.39, 0.29) is 11.1 Å². The van der Waals surface area contributed by atoms with Gasteiger partial charge in [0, 0.05) is 6.92 Å². The lowest BCUT2D eigenvalue weighted by molar-refractivity contribution is -0.760. The maximum absolute atomic E-state index is 11.0. The number of nitrogens with zero attached hydrogens (tertiary/aromatic N) is 3. The van der Waals surface area contributed by atoms with Crippen molar-refractivity contribution in [2.75, 3.05) is 6.54 Å². The zero-order valence-corrected chi connectivity index (χ0v) is 9.75. The van der Waals surface area contributed by atoms with Crippen LogP contribution in [-0.4, -0.2) is 16.8 Å². The molecule has 2 rings (SSSR count). The molecule has 0 saturated heterocycles. The molecule has 0 amide bonds. The molecule has 0 aromatic carbocycles. The molecule has 0 spiro atoms. The average Bonchev–Trinajstić information content (AvgIpc) is 2.49. The van der Waals surface area contributed by atoms with E-state index in [1.165, 1.54) is 11.3 Å². The molecule has 0 bridgehead atoms. The van der Waals surface area contributed by atoms with E-state index in [0.29, 0.717) is 18.3 Å². The van der Waals surface area contributed by atoms with E-state index in [1.807, 2.05) is 13.0 Å². The molecule has 15 heavy (non-hydrogen) atoms. The Hall–Kier alpha value is -0.940. The monoisotopic (exact) mass is 243 g/mol. The van der Waals surface area contributed by atoms with E-state index in [0.717, 1.165) is 5.01 Å². The molecule has 1 aromatic rings. The van der Waals surface area contributed by atoms with Crippen LogP contribution in [0, 0.1) is 12.8 Å². The number of aryl methyl sites for hydroxylation is 1. The normalized spacial score (nSPS) is 20.4. The maximum Gasteiger partial charge on any atom is 0.261 e. The molecule has 1 aromatic heterocycles. The van der Waals surface area contributed by atoms with Gasteiger partial charge in [0.1, 0.15) is 10.4 Å². The summed E-state index contributed by atoms with van der Waals surface area (Å²) in [6.07, 6.45) is 3.79. The Balaban J connectivity index is 2.04. The Bertz CT molecular complexity index is 427. The van der Waals surface area contributed by atoms with Crippen LogP contribution in [0.15, 0.2) is 17.1 Å². The lowest BCUT2D eigenvalue weighted by atomic mass is 10.1. The van der Waals surface area contributed by atoms with Gasteiger partial charge in [-0.15, -0.1) is 0 Å². The summed E-state index contributed by atoms with van der Waals surface area (Å²) in [6.45, 7) is 3.24. The standard InChI is InChI=1S/C9H10ClN3OS/c1-6-13(12-9(14)15-6)5-7-2-3-8(10)11-4-7/h2-3,7H,4-5H2,1H3. The van der Waals surface area contributed by atoms with E-state index in [1.54, 1.807) is 10.8 Å². The van der Waals surface area contributed by atoms with Crippen LogP contribution in [0.2, 0.25) is 0 Å². The first-order valence-corrected chi connectivity index (χ1v) is 5.77. The summed E-state index contributed by atoms with van der Waals surface area (Å²) in [5, 5.41) is 16.2. The fourth-order valence-corrected chi connectivity index (χ4v) is 2.17. The summed E-state index contributed by atoms with van der Waals surface area (Å²) in [4.78, 5) is 4.12. The predicted molar refractivity (Wildman–Crippen MR) is 57.3 cm³/mol. The van der Waals surface area contributed by atoms with Gasteiger partial charge >= 0.3 is 0 Å². The predicted octanol–water partition coefficient (Wildman–Crippen LogP) is 0.636. The minimum absolute atomic E-state index is 0.145. The van der Waals surface area contributed by atoms with E-state index in [4.69, 9.17) is 11.6 Å². The van der Waals surface area contributed by atoms with Crippen molar-refractivity contribution in [3.05, 3.63) is 17.2 Å². The highest BCUT2D eigenvalue weighted by atomic mass is 35.5. The van der Waals surface area contributed by atoms with E-state index in [2.05, 4.69) is 10.1 Å². The van der Waals surface area contributed by atoms with Crippen LogP contribution in [0.5, 0.6) is 5.19 Å². The van der Waals surface area contributed by atoms with Crippen molar-refractivity contribution in [2.24, 2.45) is 10.9 Å². The number of aliphatic imine (C=N–C) groups is 1. The number of halogens is 1. The van der Waals surface area contributed by atoms with Gasteiger partial charge < -0.3 is 5.11 Å². The van der Waals surface area contributed by atoms with Gasteiger partial charge in [-0.3, -0.25) is 4.99 Å².